The van der Waals surface area contributed by atoms with E-state index < -0.39 is 6.43 Å². The number of piperidine rings is 1. The molecule has 0 saturated carbocycles. The molecule has 0 atom stereocenters. The van der Waals surface area contributed by atoms with Crippen molar-refractivity contribution < 1.29 is 13.5 Å². The Labute approximate surface area is 164 Å². The number of pyridine rings is 2. The predicted molar refractivity (Wildman–Crippen MR) is 104 cm³/mol. The Morgan fingerprint density at radius 3 is 2.61 bits per heavy atom. The van der Waals surface area contributed by atoms with Crippen LogP contribution in [0.4, 0.5) is 20.4 Å². The van der Waals surface area contributed by atoms with Crippen molar-refractivity contribution in [3.8, 4) is 0 Å². The predicted octanol–water partition coefficient (Wildman–Crippen LogP) is 4.30. The van der Waals surface area contributed by atoms with Gasteiger partial charge in [-0.25, -0.2) is 18.7 Å². The van der Waals surface area contributed by atoms with Crippen molar-refractivity contribution in [2.24, 2.45) is 0 Å². The second-order valence-electron chi connectivity index (χ2n) is 7.53. The molecular weight excluding hydrogens is 362 g/mol. The third kappa shape index (κ3) is 4.31. The molecule has 2 aromatic rings. The minimum Gasteiger partial charge on any atom is -0.378 e. The molecule has 0 radical (unpaired) electrons. The molecule has 5 nitrogen and oxygen atoms in total. The van der Waals surface area contributed by atoms with Gasteiger partial charge in [-0.2, -0.15) is 0 Å². The highest BCUT2D eigenvalue weighted by Gasteiger charge is 2.30. The Balaban J connectivity index is 1.49. The minimum atomic E-state index is -2.51. The summed E-state index contributed by atoms with van der Waals surface area (Å²) in [6, 6.07) is 7.53. The normalized spacial score (nSPS) is 19.0. The summed E-state index contributed by atoms with van der Waals surface area (Å²) in [7, 11) is 0. The summed E-state index contributed by atoms with van der Waals surface area (Å²) < 4.78 is 31.2. The number of anilines is 2. The van der Waals surface area contributed by atoms with Crippen LogP contribution in [0.15, 0.2) is 30.5 Å². The number of hydrogen-bond donors (Lipinski definition) is 1. The maximum absolute atomic E-state index is 12.9. The van der Waals surface area contributed by atoms with Crippen molar-refractivity contribution in [1.29, 1.82) is 0 Å². The van der Waals surface area contributed by atoms with Crippen LogP contribution >= 0.6 is 0 Å². The van der Waals surface area contributed by atoms with Crippen molar-refractivity contribution in [3.05, 3.63) is 47.3 Å². The Morgan fingerprint density at radius 1 is 1.18 bits per heavy atom. The van der Waals surface area contributed by atoms with Gasteiger partial charge in [0.15, 0.2) is 0 Å². The van der Waals surface area contributed by atoms with Crippen molar-refractivity contribution in [2.75, 3.05) is 31.6 Å². The molecule has 7 heteroatoms. The number of alkyl halides is 2. The van der Waals surface area contributed by atoms with E-state index in [1.807, 2.05) is 6.07 Å². The van der Waals surface area contributed by atoms with Gasteiger partial charge in [-0.05, 0) is 68.1 Å². The van der Waals surface area contributed by atoms with Crippen LogP contribution in [-0.2, 0) is 11.2 Å². The molecule has 2 aromatic heterocycles. The molecule has 0 spiro atoms. The van der Waals surface area contributed by atoms with Crippen molar-refractivity contribution in [2.45, 2.75) is 44.6 Å². The van der Waals surface area contributed by atoms with Crippen LogP contribution in [0.1, 0.15) is 48.9 Å². The van der Waals surface area contributed by atoms with E-state index in [-0.39, 0.29) is 5.56 Å². The van der Waals surface area contributed by atoms with Gasteiger partial charge in [0.25, 0.3) is 6.43 Å². The van der Waals surface area contributed by atoms with Crippen molar-refractivity contribution in [1.82, 2.24) is 14.9 Å². The van der Waals surface area contributed by atoms with E-state index in [4.69, 9.17) is 4.74 Å². The standard InChI is InChI=1S/C21H26F2N4O/c1-2-17-9-16(14-4-7-27(8-5-14)18-12-28-13-18)11-20(25-17)26-19-10-15(21(22)23)3-6-24-19/h3,6,9-11,14,18,21H,2,4-5,7-8,12-13H2,1H3,(H,24,25,26). The zero-order chi connectivity index (χ0) is 19.5. The van der Waals surface area contributed by atoms with Crippen LogP contribution in [0.3, 0.4) is 0 Å². The van der Waals surface area contributed by atoms with Gasteiger partial charge in [0, 0.05) is 17.5 Å². The quantitative estimate of drug-likeness (QED) is 0.800. The summed E-state index contributed by atoms with van der Waals surface area (Å²) in [5.74, 6) is 1.55. The molecule has 150 valence electrons. The van der Waals surface area contributed by atoms with Crippen LogP contribution in [0, 0.1) is 0 Å². The Bertz CT molecular complexity index is 805. The maximum Gasteiger partial charge on any atom is 0.264 e. The van der Waals surface area contributed by atoms with Gasteiger partial charge in [0.2, 0.25) is 0 Å². The van der Waals surface area contributed by atoms with Crippen LogP contribution in [0.25, 0.3) is 0 Å². The highest BCUT2D eigenvalue weighted by molar-refractivity contribution is 5.54. The average Bonchev–Trinajstić information content (AvgIpc) is 2.67. The molecule has 0 unspecified atom stereocenters. The lowest BCUT2D eigenvalue weighted by atomic mass is 9.88. The summed E-state index contributed by atoms with van der Waals surface area (Å²) in [6.07, 6.45) is 1.93. The summed E-state index contributed by atoms with van der Waals surface area (Å²) in [4.78, 5) is 11.3. The van der Waals surface area contributed by atoms with E-state index in [1.165, 1.54) is 23.9 Å². The number of hydrogen-bond acceptors (Lipinski definition) is 5. The molecule has 2 aliphatic rings. The van der Waals surface area contributed by atoms with Gasteiger partial charge in [0.05, 0.1) is 19.3 Å². The zero-order valence-electron chi connectivity index (χ0n) is 16.1. The molecule has 1 N–H and O–H groups in total. The highest BCUT2D eigenvalue weighted by atomic mass is 19.3. The lowest BCUT2D eigenvalue weighted by molar-refractivity contribution is -0.0712. The van der Waals surface area contributed by atoms with E-state index in [1.54, 1.807) is 0 Å². The molecule has 0 amide bonds. The lowest BCUT2D eigenvalue weighted by Gasteiger charge is -2.41. The molecular formula is C21H26F2N4O. The first-order chi connectivity index (χ1) is 13.6. The maximum atomic E-state index is 12.9. The van der Waals surface area contributed by atoms with E-state index >= 15 is 0 Å². The number of ether oxygens (including phenoxy) is 1. The summed E-state index contributed by atoms with van der Waals surface area (Å²) >= 11 is 0. The van der Waals surface area contributed by atoms with Crippen molar-refractivity contribution in [3.63, 3.8) is 0 Å². The minimum absolute atomic E-state index is 0.0447. The van der Waals surface area contributed by atoms with Crippen LogP contribution in [0.2, 0.25) is 0 Å². The fraction of sp³-hybridized carbons (Fsp3) is 0.524. The molecule has 0 aromatic carbocycles. The van der Waals surface area contributed by atoms with E-state index in [0.717, 1.165) is 51.3 Å². The molecule has 0 bridgehead atoms. The molecule has 2 saturated heterocycles. The number of aryl methyl sites for hydroxylation is 1. The van der Waals surface area contributed by atoms with Gasteiger partial charge in [-0.15, -0.1) is 0 Å². The van der Waals surface area contributed by atoms with Gasteiger partial charge in [-0.3, -0.25) is 4.90 Å². The first kappa shape index (κ1) is 19.2. The van der Waals surface area contributed by atoms with Gasteiger partial charge in [-0.1, -0.05) is 6.92 Å². The van der Waals surface area contributed by atoms with Gasteiger partial charge >= 0.3 is 0 Å². The second kappa shape index (κ2) is 8.49. The fourth-order valence-corrected chi connectivity index (χ4v) is 3.91. The topological polar surface area (TPSA) is 50.3 Å². The Morgan fingerprint density at radius 2 is 1.96 bits per heavy atom. The van der Waals surface area contributed by atoms with Crippen LogP contribution in [0.5, 0.6) is 0 Å². The Kier molecular flexibility index (Phi) is 5.82. The summed E-state index contributed by atoms with van der Waals surface area (Å²) in [5, 5.41) is 3.12. The lowest BCUT2D eigenvalue weighted by Crippen LogP contribution is -2.51. The number of halogens is 2. The molecule has 0 aliphatic carbocycles. The number of rotatable bonds is 6. The summed E-state index contributed by atoms with van der Waals surface area (Å²) in [5.41, 5.74) is 2.22. The third-order valence-electron chi connectivity index (χ3n) is 5.69. The van der Waals surface area contributed by atoms with Gasteiger partial charge < -0.3 is 10.1 Å². The number of likely N-dealkylation sites (tertiary alicyclic amines) is 1. The van der Waals surface area contributed by atoms with E-state index in [9.17, 15) is 8.78 Å². The van der Waals surface area contributed by atoms with E-state index in [0.29, 0.717) is 23.6 Å². The Hall–Kier alpha value is -2.12. The zero-order valence-corrected chi connectivity index (χ0v) is 16.1. The van der Waals surface area contributed by atoms with Crippen molar-refractivity contribution >= 4 is 11.6 Å². The first-order valence-electron chi connectivity index (χ1n) is 9.96. The third-order valence-corrected chi connectivity index (χ3v) is 5.69. The number of nitrogens with zero attached hydrogens (tertiary/aromatic N) is 3. The van der Waals surface area contributed by atoms with Crippen LogP contribution in [-0.4, -0.2) is 47.2 Å². The average molecular weight is 388 g/mol. The largest absolute Gasteiger partial charge is 0.378 e. The molecule has 2 fully saturated rings. The first-order valence-corrected chi connectivity index (χ1v) is 9.96. The molecule has 2 aliphatic heterocycles. The number of aromatic nitrogens is 2. The highest BCUT2D eigenvalue weighted by Crippen LogP contribution is 2.32. The fourth-order valence-electron chi connectivity index (χ4n) is 3.91. The molecule has 28 heavy (non-hydrogen) atoms. The smallest absolute Gasteiger partial charge is 0.264 e. The number of nitrogens with one attached hydrogen (secondary N) is 1. The second-order valence-corrected chi connectivity index (χ2v) is 7.53. The monoisotopic (exact) mass is 388 g/mol. The molecule has 4 heterocycles. The SMILES string of the molecule is CCc1cc(C2CCN(C3COC3)CC2)cc(Nc2cc(C(F)F)ccn2)n1. The van der Waals surface area contributed by atoms with Crippen LogP contribution < -0.4 is 5.32 Å². The molecule has 4 rings (SSSR count). The summed E-state index contributed by atoms with van der Waals surface area (Å²) in [6.45, 7) is 5.97. The van der Waals surface area contributed by atoms with E-state index in [2.05, 4.69) is 33.2 Å². The van der Waals surface area contributed by atoms with Gasteiger partial charge in [0.1, 0.15) is 11.6 Å².